The topological polar surface area (TPSA) is 75.3 Å². The normalized spacial score (nSPS) is 36.5. The molecule has 1 aliphatic carbocycles. The van der Waals surface area contributed by atoms with Gasteiger partial charge in [-0.1, -0.05) is 0 Å². The Hall–Kier alpha value is -1.00. The molecule has 4 aliphatic rings. The van der Waals surface area contributed by atoms with Gasteiger partial charge in [0.25, 0.3) is 0 Å². The van der Waals surface area contributed by atoms with Crippen LogP contribution in [0.2, 0.25) is 0 Å². The van der Waals surface area contributed by atoms with Crippen LogP contribution in [-0.2, 0) is 14.3 Å². The highest BCUT2D eigenvalue weighted by Gasteiger charge is 2.43. The van der Waals surface area contributed by atoms with Gasteiger partial charge in [-0.3, -0.25) is 15.1 Å². The summed E-state index contributed by atoms with van der Waals surface area (Å²) in [6.45, 7) is 10.4. The van der Waals surface area contributed by atoms with Gasteiger partial charge in [0.05, 0.1) is 19.4 Å². The number of nitrogens with zero attached hydrogens (tertiary/aromatic N) is 2. The van der Waals surface area contributed by atoms with E-state index in [-0.39, 0.29) is 24.4 Å². The number of halogens is 1. The summed E-state index contributed by atoms with van der Waals surface area (Å²) in [6.07, 6.45) is 2.62. The molecular weight excluding hydrogens is 403 g/mol. The van der Waals surface area contributed by atoms with Crippen molar-refractivity contribution in [1.82, 2.24) is 20.6 Å². The van der Waals surface area contributed by atoms with Gasteiger partial charge in [-0.15, -0.1) is 0 Å². The third-order valence-corrected chi connectivity index (χ3v) is 7.06. The highest BCUT2D eigenvalue weighted by molar-refractivity contribution is 5.68. The van der Waals surface area contributed by atoms with Crippen LogP contribution in [0.4, 0.5) is 9.18 Å². The molecule has 178 valence electrons. The molecule has 3 aliphatic heterocycles. The molecule has 1 amide bonds. The molecular formula is C22H39FN4O4. The standard InChI is InChI=1S/C22H39FN4O4/c1-22(2,3)30-21(28)27-8-6-15(7-9-27)19-24-20(31-25-19)17-14-16(4-5-18(17)23)26-10-12-29-13-11-26/h15-20,24-25H,4-14H2,1-3H3. The van der Waals surface area contributed by atoms with Crippen LogP contribution in [0.5, 0.6) is 0 Å². The number of hydrogen-bond acceptors (Lipinski definition) is 7. The Morgan fingerprint density at radius 1 is 1.06 bits per heavy atom. The first kappa shape index (κ1) is 23.2. The van der Waals surface area contributed by atoms with Gasteiger partial charge in [-0.05, 0) is 58.8 Å². The minimum absolute atomic E-state index is 0.0123. The Balaban J connectivity index is 1.26. The van der Waals surface area contributed by atoms with Crippen molar-refractivity contribution in [3.8, 4) is 0 Å². The van der Waals surface area contributed by atoms with Crippen molar-refractivity contribution in [2.45, 2.75) is 83.1 Å². The Kier molecular flexibility index (Phi) is 7.37. The van der Waals surface area contributed by atoms with Gasteiger partial charge in [-0.25, -0.2) is 9.18 Å². The fraction of sp³-hybridized carbons (Fsp3) is 0.955. The van der Waals surface area contributed by atoms with Crippen LogP contribution < -0.4 is 10.8 Å². The van der Waals surface area contributed by atoms with Crippen LogP contribution in [-0.4, -0.2) is 85.5 Å². The Labute approximate surface area is 185 Å². The zero-order valence-electron chi connectivity index (χ0n) is 19.1. The van der Waals surface area contributed by atoms with Gasteiger partial charge in [0.15, 0.2) is 0 Å². The maximum Gasteiger partial charge on any atom is 0.410 e. The number of likely N-dealkylation sites (tertiary alicyclic amines) is 1. The van der Waals surface area contributed by atoms with Crippen LogP contribution in [0.15, 0.2) is 0 Å². The molecule has 9 heteroatoms. The summed E-state index contributed by atoms with van der Waals surface area (Å²) < 4.78 is 25.8. The first-order valence-corrected chi connectivity index (χ1v) is 11.9. The third kappa shape index (κ3) is 5.87. The maximum absolute atomic E-state index is 14.8. The number of carbonyl (C=O) groups is 1. The van der Waals surface area contributed by atoms with E-state index in [2.05, 4.69) is 15.7 Å². The van der Waals surface area contributed by atoms with Crippen LogP contribution in [0.1, 0.15) is 52.9 Å². The summed E-state index contributed by atoms with van der Waals surface area (Å²) in [5.41, 5.74) is 2.64. The minimum Gasteiger partial charge on any atom is -0.444 e. The number of nitrogens with one attached hydrogen (secondary N) is 2. The van der Waals surface area contributed by atoms with E-state index in [0.717, 1.165) is 52.0 Å². The molecule has 0 aromatic heterocycles. The zero-order valence-corrected chi connectivity index (χ0v) is 19.1. The summed E-state index contributed by atoms with van der Waals surface area (Å²) in [5, 5.41) is 3.52. The Bertz CT molecular complexity index is 605. The lowest BCUT2D eigenvalue weighted by atomic mass is 9.82. The van der Waals surface area contributed by atoms with Crippen LogP contribution in [0.3, 0.4) is 0 Å². The fourth-order valence-electron chi connectivity index (χ4n) is 5.31. The number of hydrogen-bond donors (Lipinski definition) is 2. The quantitative estimate of drug-likeness (QED) is 0.694. The number of carbonyl (C=O) groups excluding carboxylic acids is 1. The van der Waals surface area contributed by atoms with E-state index < -0.39 is 11.8 Å². The molecule has 5 atom stereocenters. The highest BCUT2D eigenvalue weighted by atomic mass is 19.1. The minimum atomic E-state index is -0.843. The maximum atomic E-state index is 14.8. The van der Waals surface area contributed by atoms with Gasteiger partial charge in [0.1, 0.15) is 18.0 Å². The molecule has 3 heterocycles. The van der Waals surface area contributed by atoms with E-state index in [1.54, 1.807) is 4.90 Å². The van der Waals surface area contributed by atoms with Gasteiger partial charge in [0.2, 0.25) is 0 Å². The lowest BCUT2D eigenvalue weighted by Crippen LogP contribution is -2.52. The Morgan fingerprint density at radius 2 is 1.77 bits per heavy atom. The number of amides is 1. The number of rotatable bonds is 3. The second-order valence-electron chi connectivity index (χ2n) is 10.4. The second-order valence-corrected chi connectivity index (χ2v) is 10.4. The molecule has 8 nitrogen and oxygen atoms in total. The number of morpholine rings is 1. The van der Waals surface area contributed by atoms with Crippen molar-refractivity contribution in [2.24, 2.45) is 11.8 Å². The molecule has 5 unspecified atom stereocenters. The zero-order chi connectivity index (χ0) is 22.0. The molecule has 0 aromatic carbocycles. The molecule has 0 bridgehead atoms. The lowest BCUT2D eigenvalue weighted by molar-refractivity contribution is -0.0677. The first-order chi connectivity index (χ1) is 14.8. The molecule has 0 spiro atoms. The van der Waals surface area contributed by atoms with Crippen LogP contribution >= 0.6 is 0 Å². The van der Waals surface area contributed by atoms with Crippen molar-refractivity contribution in [3.05, 3.63) is 0 Å². The van der Waals surface area contributed by atoms with Gasteiger partial charge in [0, 0.05) is 38.1 Å². The number of piperidine rings is 1. The molecule has 0 radical (unpaired) electrons. The molecule has 2 N–H and O–H groups in total. The van der Waals surface area contributed by atoms with Crippen molar-refractivity contribution in [1.29, 1.82) is 0 Å². The molecule has 0 aromatic rings. The first-order valence-electron chi connectivity index (χ1n) is 11.9. The predicted molar refractivity (Wildman–Crippen MR) is 114 cm³/mol. The monoisotopic (exact) mass is 442 g/mol. The number of alkyl halides is 1. The average Bonchev–Trinajstić information content (AvgIpc) is 3.24. The van der Waals surface area contributed by atoms with Crippen molar-refractivity contribution in [2.75, 3.05) is 39.4 Å². The highest BCUT2D eigenvalue weighted by Crippen LogP contribution is 2.35. The van der Waals surface area contributed by atoms with Crippen LogP contribution in [0.25, 0.3) is 0 Å². The summed E-state index contributed by atoms with van der Waals surface area (Å²) >= 11 is 0. The number of hydroxylamine groups is 1. The van der Waals surface area contributed by atoms with Gasteiger partial charge < -0.3 is 14.4 Å². The van der Waals surface area contributed by atoms with Crippen molar-refractivity contribution in [3.63, 3.8) is 0 Å². The van der Waals surface area contributed by atoms with E-state index in [1.165, 1.54) is 0 Å². The van der Waals surface area contributed by atoms with Crippen molar-refractivity contribution >= 4 is 6.09 Å². The molecule has 4 rings (SSSR count). The SMILES string of the molecule is CC(C)(C)OC(=O)N1CCC(C2NOC(C3CC(N4CCOCC4)CCC3F)N2)CC1. The molecule has 31 heavy (non-hydrogen) atoms. The van der Waals surface area contributed by atoms with Crippen LogP contribution in [0, 0.1) is 11.8 Å². The smallest absolute Gasteiger partial charge is 0.410 e. The largest absolute Gasteiger partial charge is 0.444 e. The van der Waals surface area contributed by atoms with E-state index in [4.69, 9.17) is 14.3 Å². The lowest BCUT2D eigenvalue weighted by Gasteiger charge is -2.41. The Morgan fingerprint density at radius 3 is 2.45 bits per heavy atom. The van der Waals surface area contributed by atoms with E-state index >= 15 is 0 Å². The summed E-state index contributed by atoms with van der Waals surface area (Å²) in [7, 11) is 0. The number of ether oxygens (including phenoxy) is 2. The van der Waals surface area contributed by atoms with E-state index in [9.17, 15) is 9.18 Å². The van der Waals surface area contributed by atoms with Gasteiger partial charge in [-0.2, -0.15) is 5.48 Å². The third-order valence-electron chi connectivity index (χ3n) is 7.06. The van der Waals surface area contributed by atoms with E-state index in [0.29, 0.717) is 31.5 Å². The predicted octanol–water partition coefficient (Wildman–Crippen LogP) is 2.25. The molecule has 4 fully saturated rings. The fourth-order valence-corrected chi connectivity index (χ4v) is 5.31. The van der Waals surface area contributed by atoms with Crippen molar-refractivity contribution < 1.29 is 23.5 Å². The van der Waals surface area contributed by atoms with Gasteiger partial charge >= 0.3 is 6.09 Å². The summed E-state index contributed by atoms with van der Waals surface area (Å²) in [5.74, 6) is 0.182. The average molecular weight is 443 g/mol. The molecule has 1 saturated carbocycles. The van der Waals surface area contributed by atoms with E-state index in [1.807, 2.05) is 20.8 Å². The molecule has 3 saturated heterocycles. The summed E-state index contributed by atoms with van der Waals surface area (Å²) in [6, 6.07) is 0.405. The second kappa shape index (κ2) is 9.87. The summed E-state index contributed by atoms with van der Waals surface area (Å²) in [4.78, 5) is 22.4.